The van der Waals surface area contributed by atoms with Gasteiger partial charge in [0.05, 0.1) is 5.69 Å². The van der Waals surface area contributed by atoms with E-state index in [4.69, 9.17) is 5.73 Å². The van der Waals surface area contributed by atoms with E-state index in [0.29, 0.717) is 16.6 Å². The Hall–Kier alpha value is -1.62. The molecule has 1 aliphatic carbocycles. The lowest BCUT2D eigenvalue weighted by Crippen LogP contribution is -2.25. The molecule has 3 rings (SSSR count). The van der Waals surface area contributed by atoms with Crippen molar-refractivity contribution in [3.8, 4) is 0 Å². The topological polar surface area (TPSA) is 68.0 Å². The average molecular weight is 275 g/mol. The minimum absolute atomic E-state index is 0.0555. The van der Waals surface area contributed by atoms with E-state index >= 15 is 0 Å². The second-order valence-electron chi connectivity index (χ2n) is 5.00. The SMILES string of the molecule is CCCc1ccc2c(N)c(C(=O)NC3CC3)sc2n1. The Morgan fingerprint density at radius 2 is 2.32 bits per heavy atom. The van der Waals surface area contributed by atoms with Gasteiger partial charge < -0.3 is 11.1 Å². The molecule has 0 aliphatic heterocycles. The van der Waals surface area contributed by atoms with E-state index in [2.05, 4.69) is 17.2 Å². The van der Waals surface area contributed by atoms with Crippen molar-refractivity contribution in [3.05, 3.63) is 22.7 Å². The third-order valence-corrected chi connectivity index (χ3v) is 4.39. The second kappa shape index (κ2) is 4.81. The number of aromatic nitrogens is 1. The first-order chi connectivity index (χ1) is 9.19. The highest BCUT2D eigenvalue weighted by molar-refractivity contribution is 7.21. The number of amides is 1. The fraction of sp³-hybridized carbons (Fsp3) is 0.429. The number of carbonyl (C=O) groups excluding carboxylic acids is 1. The Balaban J connectivity index is 1.96. The first kappa shape index (κ1) is 12.4. The fourth-order valence-corrected chi connectivity index (χ4v) is 3.09. The van der Waals surface area contributed by atoms with E-state index in [0.717, 1.165) is 41.6 Å². The van der Waals surface area contributed by atoms with Crippen LogP contribution in [-0.4, -0.2) is 16.9 Å². The molecule has 0 bridgehead atoms. The average Bonchev–Trinajstić information content (AvgIpc) is 3.13. The number of pyridine rings is 1. The Bertz CT molecular complexity index is 631. The van der Waals surface area contributed by atoms with Crippen LogP contribution in [0.1, 0.15) is 41.6 Å². The van der Waals surface area contributed by atoms with E-state index < -0.39 is 0 Å². The van der Waals surface area contributed by atoms with Gasteiger partial charge in [0.2, 0.25) is 0 Å². The van der Waals surface area contributed by atoms with Crippen molar-refractivity contribution in [1.29, 1.82) is 0 Å². The number of nitrogens with one attached hydrogen (secondary N) is 1. The number of hydrogen-bond donors (Lipinski definition) is 2. The fourth-order valence-electron chi connectivity index (χ4n) is 2.08. The Morgan fingerprint density at radius 3 is 3.00 bits per heavy atom. The molecule has 3 N–H and O–H groups in total. The summed E-state index contributed by atoms with van der Waals surface area (Å²) in [5, 5.41) is 3.87. The van der Waals surface area contributed by atoms with Crippen LogP contribution in [0.3, 0.4) is 0 Å². The first-order valence-corrected chi connectivity index (χ1v) is 7.49. The smallest absolute Gasteiger partial charge is 0.263 e. The van der Waals surface area contributed by atoms with Crippen molar-refractivity contribution in [2.24, 2.45) is 0 Å². The number of carbonyl (C=O) groups is 1. The highest BCUT2D eigenvalue weighted by Crippen LogP contribution is 2.33. The zero-order valence-corrected chi connectivity index (χ0v) is 11.7. The van der Waals surface area contributed by atoms with Crippen LogP contribution in [0, 0.1) is 0 Å². The molecule has 0 radical (unpaired) electrons. The number of thiophene rings is 1. The van der Waals surface area contributed by atoms with Crippen LogP contribution in [0.2, 0.25) is 0 Å². The molecule has 5 heteroatoms. The van der Waals surface area contributed by atoms with Crippen LogP contribution in [0.4, 0.5) is 5.69 Å². The normalized spacial score (nSPS) is 14.8. The third-order valence-electron chi connectivity index (χ3n) is 3.28. The van der Waals surface area contributed by atoms with E-state index in [1.54, 1.807) is 0 Å². The molecule has 0 atom stereocenters. The molecule has 19 heavy (non-hydrogen) atoms. The molecule has 4 nitrogen and oxygen atoms in total. The minimum atomic E-state index is -0.0555. The van der Waals surface area contributed by atoms with Crippen molar-refractivity contribution in [2.45, 2.75) is 38.6 Å². The molecule has 2 aromatic rings. The molecular formula is C14H17N3OS. The molecule has 0 unspecified atom stereocenters. The van der Waals surface area contributed by atoms with Gasteiger partial charge in [-0.3, -0.25) is 4.79 Å². The van der Waals surface area contributed by atoms with Crippen molar-refractivity contribution in [2.75, 3.05) is 5.73 Å². The predicted octanol–water partition coefficient (Wildman–Crippen LogP) is 2.72. The van der Waals surface area contributed by atoms with Gasteiger partial charge in [0.25, 0.3) is 5.91 Å². The summed E-state index contributed by atoms with van der Waals surface area (Å²) in [5.74, 6) is -0.0555. The van der Waals surface area contributed by atoms with Crippen LogP contribution in [0.5, 0.6) is 0 Å². The molecule has 1 aliphatic rings. The number of nitrogens with two attached hydrogens (primary N) is 1. The van der Waals surface area contributed by atoms with Crippen molar-refractivity contribution in [3.63, 3.8) is 0 Å². The van der Waals surface area contributed by atoms with Crippen LogP contribution >= 0.6 is 11.3 Å². The highest BCUT2D eigenvalue weighted by atomic mass is 32.1. The number of rotatable bonds is 4. The Labute approximate surface area is 116 Å². The van der Waals surface area contributed by atoms with Crippen LogP contribution in [0.15, 0.2) is 12.1 Å². The maximum Gasteiger partial charge on any atom is 0.263 e. The molecule has 0 spiro atoms. The Kier molecular flexibility index (Phi) is 3.14. The summed E-state index contributed by atoms with van der Waals surface area (Å²) in [5.41, 5.74) is 7.69. The zero-order valence-electron chi connectivity index (χ0n) is 10.9. The summed E-state index contributed by atoms with van der Waals surface area (Å²) in [4.78, 5) is 18.1. The number of nitrogen functional groups attached to an aromatic ring is 1. The molecule has 0 aromatic carbocycles. The minimum Gasteiger partial charge on any atom is -0.397 e. The van der Waals surface area contributed by atoms with E-state index in [1.807, 2.05) is 12.1 Å². The summed E-state index contributed by atoms with van der Waals surface area (Å²) in [6, 6.07) is 4.32. The maximum absolute atomic E-state index is 12.1. The summed E-state index contributed by atoms with van der Waals surface area (Å²) in [7, 11) is 0. The van der Waals surface area contributed by atoms with Gasteiger partial charge in [0.15, 0.2) is 0 Å². The van der Waals surface area contributed by atoms with Crippen molar-refractivity contribution >= 4 is 33.1 Å². The van der Waals surface area contributed by atoms with Gasteiger partial charge in [-0.25, -0.2) is 4.98 Å². The monoisotopic (exact) mass is 275 g/mol. The number of hydrogen-bond acceptors (Lipinski definition) is 4. The van der Waals surface area contributed by atoms with E-state index in [9.17, 15) is 4.79 Å². The van der Waals surface area contributed by atoms with Gasteiger partial charge in [0, 0.05) is 17.1 Å². The molecule has 1 saturated carbocycles. The zero-order chi connectivity index (χ0) is 13.4. The summed E-state index contributed by atoms with van der Waals surface area (Å²) in [6.45, 7) is 2.13. The van der Waals surface area contributed by atoms with E-state index in [1.165, 1.54) is 11.3 Å². The van der Waals surface area contributed by atoms with Crippen molar-refractivity contribution < 1.29 is 4.79 Å². The molecule has 0 saturated heterocycles. The number of nitrogens with zero attached hydrogens (tertiary/aromatic N) is 1. The van der Waals surface area contributed by atoms with Crippen LogP contribution in [-0.2, 0) is 6.42 Å². The van der Waals surface area contributed by atoms with Crippen LogP contribution < -0.4 is 11.1 Å². The van der Waals surface area contributed by atoms with E-state index in [-0.39, 0.29) is 5.91 Å². The highest BCUT2D eigenvalue weighted by Gasteiger charge is 2.26. The first-order valence-electron chi connectivity index (χ1n) is 6.67. The molecule has 1 fully saturated rings. The van der Waals surface area contributed by atoms with Gasteiger partial charge >= 0.3 is 0 Å². The lowest BCUT2D eigenvalue weighted by molar-refractivity contribution is 0.0956. The molecule has 2 heterocycles. The summed E-state index contributed by atoms with van der Waals surface area (Å²) < 4.78 is 0. The number of aryl methyl sites for hydroxylation is 1. The van der Waals surface area contributed by atoms with Gasteiger partial charge in [-0.2, -0.15) is 0 Å². The standard InChI is InChI=1S/C14H17N3OS/c1-2-3-8-6-7-10-11(15)12(19-14(10)17-8)13(18)16-9-4-5-9/h6-7,9H,2-5,15H2,1H3,(H,16,18). The number of fused-ring (bicyclic) bond motifs is 1. The van der Waals surface area contributed by atoms with Gasteiger partial charge in [-0.15, -0.1) is 11.3 Å². The molecule has 1 amide bonds. The summed E-state index contributed by atoms with van der Waals surface area (Å²) in [6.07, 6.45) is 4.18. The molecule has 2 aromatic heterocycles. The van der Waals surface area contributed by atoms with Crippen LogP contribution in [0.25, 0.3) is 10.2 Å². The summed E-state index contributed by atoms with van der Waals surface area (Å²) >= 11 is 1.39. The lowest BCUT2D eigenvalue weighted by atomic mass is 10.2. The maximum atomic E-state index is 12.1. The lowest BCUT2D eigenvalue weighted by Gasteiger charge is -2.00. The number of anilines is 1. The van der Waals surface area contributed by atoms with Gasteiger partial charge in [-0.1, -0.05) is 13.3 Å². The quantitative estimate of drug-likeness (QED) is 0.901. The second-order valence-corrected chi connectivity index (χ2v) is 6.00. The van der Waals surface area contributed by atoms with Gasteiger partial charge in [0.1, 0.15) is 9.71 Å². The Morgan fingerprint density at radius 1 is 1.53 bits per heavy atom. The molecular weight excluding hydrogens is 258 g/mol. The molecule has 100 valence electrons. The largest absolute Gasteiger partial charge is 0.397 e. The van der Waals surface area contributed by atoms with Gasteiger partial charge in [-0.05, 0) is 31.4 Å². The van der Waals surface area contributed by atoms with Crippen molar-refractivity contribution in [1.82, 2.24) is 10.3 Å². The third kappa shape index (κ3) is 2.42. The predicted molar refractivity (Wildman–Crippen MR) is 78.5 cm³/mol.